The minimum atomic E-state index is -4.36. The van der Waals surface area contributed by atoms with Crippen molar-refractivity contribution in [1.82, 2.24) is 4.98 Å². The summed E-state index contributed by atoms with van der Waals surface area (Å²) in [6.45, 7) is 0. The molecule has 0 fully saturated rings. The molecule has 0 aliphatic heterocycles. The van der Waals surface area contributed by atoms with E-state index in [2.05, 4.69) is 4.98 Å². The highest BCUT2D eigenvalue weighted by molar-refractivity contribution is 5.77. The number of aromatic amines is 1. The van der Waals surface area contributed by atoms with Crippen molar-refractivity contribution in [3.05, 3.63) is 47.8 Å². The fourth-order valence-corrected chi connectivity index (χ4v) is 1.52. The van der Waals surface area contributed by atoms with Gasteiger partial charge in [-0.25, -0.2) is 0 Å². The van der Waals surface area contributed by atoms with Gasteiger partial charge < -0.3 is 4.98 Å². The molecule has 0 amide bonds. The third-order valence-corrected chi connectivity index (χ3v) is 2.36. The third kappa shape index (κ3) is 2.38. The standard InChI is InChI=1S/C12H8F3NO/c13-12(14,15)10-3-1-2-8(4-10)9-5-11(7-17)16-6-9/h1-7,16H. The molecule has 0 aliphatic rings. The topological polar surface area (TPSA) is 32.9 Å². The van der Waals surface area contributed by atoms with Crippen molar-refractivity contribution < 1.29 is 18.0 Å². The van der Waals surface area contributed by atoms with Gasteiger partial charge in [-0.05, 0) is 29.3 Å². The van der Waals surface area contributed by atoms with Gasteiger partial charge in [0.1, 0.15) is 0 Å². The van der Waals surface area contributed by atoms with Crippen molar-refractivity contribution in [3.63, 3.8) is 0 Å². The molecule has 17 heavy (non-hydrogen) atoms. The van der Waals surface area contributed by atoms with E-state index in [0.717, 1.165) is 12.1 Å². The zero-order chi connectivity index (χ0) is 12.5. The summed E-state index contributed by atoms with van der Waals surface area (Å²) in [5.41, 5.74) is 0.601. The number of rotatable bonds is 2. The third-order valence-electron chi connectivity index (χ3n) is 2.36. The van der Waals surface area contributed by atoms with E-state index < -0.39 is 11.7 Å². The number of alkyl halides is 3. The molecule has 88 valence electrons. The molecule has 1 aromatic heterocycles. The van der Waals surface area contributed by atoms with E-state index in [1.807, 2.05) is 0 Å². The van der Waals surface area contributed by atoms with Gasteiger partial charge in [-0.2, -0.15) is 13.2 Å². The van der Waals surface area contributed by atoms with Crippen molar-refractivity contribution in [2.24, 2.45) is 0 Å². The molecule has 5 heteroatoms. The summed E-state index contributed by atoms with van der Waals surface area (Å²) in [6.07, 6.45) is -2.25. The van der Waals surface area contributed by atoms with Gasteiger partial charge in [-0.3, -0.25) is 4.79 Å². The van der Waals surface area contributed by atoms with Crippen LogP contribution in [-0.2, 0) is 6.18 Å². The molecule has 1 aromatic carbocycles. The predicted molar refractivity (Wildman–Crippen MR) is 56.6 cm³/mol. The Bertz CT molecular complexity index is 543. The maximum absolute atomic E-state index is 12.5. The van der Waals surface area contributed by atoms with Gasteiger partial charge in [0.25, 0.3) is 0 Å². The average molecular weight is 239 g/mol. The molecule has 2 aromatic rings. The second kappa shape index (κ2) is 4.08. The van der Waals surface area contributed by atoms with E-state index in [0.29, 0.717) is 23.1 Å². The number of carbonyl (C=O) groups excluding carboxylic acids is 1. The van der Waals surface area contributed by atoms with Gasteiger partial charge in [0, 0.05) is 6.20 Å². The lowest BCUT2D eigenvalue weighted by Gasteiger charge is -2.07. The Morgan fingerprint density at radius 2 is 1.88 bits per heavy atom. The van der Waals surface area contributed by atoms with Crippen LogP contribution in [-0.4, -0.2) is 11.3 Å². The van der Waals surface area contributed by atoms with Crippen LogP contribution in [0.1, 0.15) is 16.1 Å². The van der Waals surface area contributed by atoms with Crippen LogP contribution in [0.15, 0.2) is 36.5 Å². The number of H-pyrrole nitrogens is 1. The normalized spacial score (nSPS) is 11.5. The lowest BCUT2D eigenvalue weighted by Crippen LogP contribution is -2.04. The molecule has 2 rings (SSSR count). The summed E-state index contributed by atoms with van der Waals surface area (Å²) in [6, 6.07) is 6.47. The first-order valence-electron chi connectivity index (χ1n) is 4.82. The Morgan fingerprint density at radius 3 is 2.47 bits per heavy atom. The average Bonchev–Trinajstić information content (AvgIpc) is 2.76. The Kier molecular flexibility index (Phi) is 2.75. The van der Waals surface area contributed by atoms with Gasteiger partial charge in [-0.1, -0.05) is 12.1 Å². The Morgan fingerprint density at radius 1 is 1.12 bits per heavy atom. The summed E-state index contributed by atoms with van der Waals surface area (Å²) >= 11 is 0. The lowest BCUT2D eigenvalue weighted by molar-refractivity contribution is -0.137. The maximum Gasteiger partial charge on any atom is 0.416 e. The molecule has 0 atom stereocenters. The van der Waals surface area contributed by atoms with Crippen LogP contribution in [0.4, 0.5) is 13.2 Å². The molecule has 0 aliphatic carbocycles. The van der Waals surface area contributed by atoms with Gasteiger partial charge in [0.05, 0.1) is 11.3 Å². The van der Waals surface area contributed by atoms with E-state index in [1.165, 1.54) is 18.3 Å². The second-order valence-corrected chi connectivity index (χ2v) is 3.54. The number of aldehydes is 1. The van der Waals surface area contributed by atoms with Crippen LogP contribution in [0.5, 0.6) is 0 Å². The second-order valence-electron chi connectivity index (χ2n) is 3.54. The first kappa shape index (κ1) is 11.4. The summed E-state index contributed by atoms with van der Waals surface area (Å²) in [7, 11) is 0. The van der Waals surface area contributed by atoms with Crippen molar-refractivity contribution in [2.45, 2.75) is 6.18 Å². The number of aromatic nitrogens is 1. The number of hydrogen-bond donors (Lipinski definition) is 1. The summed E-state index contributed by atoms with van der Waals surface area (Å²) in [5.74, 6) is 0. The van der Waals surface area contributed by atoms with E-state index in [9.17, 15) is 18.0 Å². The molecule has 0 saturated carbocycles. The molecule has 1 N–H and O–H groups in total. The molecule has 2 nitrogen and oxygen atoms in total. The van der Waals surface area contributed by atoms with Crippen LogP contribution in [0.2, 0.25) is 0 Å². The summed E-state index contributed by atoms with van der Waals surface area (Å²) in [5, 5.41) is 0. The van der Waals surface area contributed by atoms with E-state index in [-0.39, 0.29) is 0 Å². The Balaban J connectivity index is 2.42. The highest BCUT2D eigenvalue weighted by atomic mass is 19.4. The summed E-state index contributed by atoms with van der Waals surface area (Å²) in [4.78, 5) is 13.1. The SMILES string of the molecule is O=Cc1cc(-c2cccc(C(F)(F)F)c2)c[nH]1. The first-order chi connectivity index (χ1) is 8.00. The van der Waals surface area contributed by atoms with Gasteiger partial charge in [0.15, 0.2) is 6.29 Å². The largest absolute Gasteiger partial charge is 0.416 e. The fraction of sp³-hybridized carbons (Fsp3) is 0.0833. The number of halogens is 3. The quantitative estimate of drug-likeness (QED) is 0.799. The zero-order valence-corrected chi connectivity index (χ0v) is 8.58. The van der Waals surface area contributed by atoms with Crippen LogP contribution in [0, 0.1) is 0 Å². The molecular formula is C12H8F3NO. The predicted octanol–water partition coefficient (Wildman–Crippen LogP) is 3.51. The van der Waals surface area contributed by atoms with Crippen LogP contribution in [0.3, 0.4) is 0 Å². The first-order valence-corrected chi connectivity index (χ1v) is 4.82. The number of carbonyl (C=O) groups is 1. The molecular weight excluding hydrogens is 231 g/mol. The molecule has 0 unspecified atom stereocenters. The Hall–Kier alpha value is -2.04. The lowest BCUT2D eigenvalue weighted by atomic mass is 10.1. The zero-order valence-electron chi connectivity index (χ0n) is 8.58. The molecule has 1 heterocycles. The van der Waals surface area contributed by atoms with E-state index in [4.69, 9.17) is 0 Å². The number of benzene rings is 1. The van der Waals surface area contributed by atoms with Gasteiger partial charge in [-0.15, -0.1) is 0 Å². The van der Waals surface area contributed by atoms with Crippen molar-refractivity contribution in [2.75, 3.05) is 0 Å². The van der Waals surface area contributed by atoms with Crippen LogP contribution in [0.25, 0.3) is 11.1 Å². The molecule has 0 spiro atoms. The fourth-order valence-electron chi connectivity index (χ4n) is 1.52. The van der Waals surface area contributed by atoms with Crippen molar-refractivity contribution in [3.8, 4) is 11.1 Å². The molecule has 0 saturated heterocycles. The van der Waals surface area contributed by atoms with Crippen LogP contribution < -0.4 is 0 Å². The highest BCUT2D eigenvalue weighted by Crippen LogP contribution is 2.32. The summed E-state index contributed by atoms with van der Waals surface area (Å²) < 4.78 is 37.5. The highest BCUT2D eigenvalue weighted by Gasteiger charge is 2.30. The van der Waals surface area contributed by atoms with Crippen molar-refractivity contribution in [1.29, 1.82) is 0 Å². The van der Waals surface area contributed by atoms with Crippen LogP contribution >= 0.6 is 0 Å². The number of hydrogen-bond acceptors (Lipinski definition) is 1. The van der Waals surface area contributed by atoms with Crippen molar-refractivity contribution >= 4 is 6.29 Å². The minimum Gasteiger partial charge on any atom is -0.358 e. The minimum absolute atomic E-state index is 0.331. The monoisotopic (exact) mass is 239 g/mol. The number of nitrogens with one attached hydrogen (secondary N) is 1. The smallest absolute Gasteiger partial charge is 0.358 e. The van der Waals surface area contributed by atoms with E-state index >= 15 is 0 Å². The van der Waals surface area contributed by atoms with Gasteiger partial charge in [0.2, 0.25) is 0 Å². The molecule has 0 radical (unpaired) electrons. The molecule has 0 bridgehead atoms. The Labute approximate surface area is 95.1 Å². The maximum atomic E-state index is 12.5. The van der Waals surface area contributed by atoms with Gasteiger partial charge >= 0.3 is 6.18 Å². The van der Waals surface area contributed by atoms with E-state index in [1.54, 1.807) is 6.07 Å².